The van der Waals surface area contributed by atoms with E-state index in [2.05, 4.69) is 39.2 Å². The number of benzene rings is 1. The fraction of sp³-hybridized carbons (Fsp3) is 0.500. The minimum atomic E-state index is -2.87. The molecule has 6 nitrogen and oxygen atoms in total. The van der Waals surface area contributed by atoms with Crippen molar-refractivity contribution in [1.29, 1.82) is 0 Å². The molecule has 1 aromatic carbocycles. The summed E-state index contributed by atoms with van der Waals surface area (Å²) in [6.45, 7) is 4.80. The number of hydrogen-bond donors (Lipinski definition) is 3. The maximum atomic E-state index is 12.2. The number of aryl methyl sites for hydroxylation is 2. The topological polar surface area (TPSA) is 78.8 Å². The number of hydrogen-bond acceptors (Lipinski definition) is 5. The average molecular weight is 554 g/mol. The van der Waals surface area contributed by atoms with E-state index in [1.165, 1.54) is 17.0 Å². The van der Waals surface area contributed by atoms with Gasteiger partial charge in [-0.25, -0.2) is 4.98 Å². The lowest BCUT2D eigenvalue weighted by Crippen LogP contribution is -2.38. The smallest absolute Gasteiger partial charge is 0.387 e. The largest absolute Gasteiger partial charge is 0.435 e. The van der Waals surface area contributed by atoms with E-state index in [0.717, 1.165) is 23.5 Å². The second-order valence-corrected chi connectivity index (χ2v) is 7.61. The Bertz CT molecular complexity index is 788. The van der Waals surface area contributed by atoms with Gasteiger partial charge in [0.25, 0.3) is 0 Å². The maximum Gasteiger partial charge on any atom is 0.387 e. The van der Waals surface area contributed by atoms with E-state index in [0.29, 0.717) is 24.6 Å². The fourth-order valence-electron chi connectivity index (χ4n) is 2.71. The van der Waals surface area contributed by atoms with Crippen molar-refractivity contribution in [2.75, 3.05) is 19.6 Å². The van der Waals surface area contributed by atoms with Gasteiger partial charge in [-0.05, 0) is 38.0 Å². The molecule has 30 heavy (non-hydrogen) atoms. The number of alkyl halides is 2. The molecule has 0 bridgehead atoms. The average Bonchev–Trinajstić information content (AvgIpc) is 3.05. The highest BCUT2D eigenvalue weighted by Gasteiger charge is 2.10. The van der Waals surface area contributed by atoms with E-state index in [9.17, 15) is 13.9 Å². The first-order valence-corrected chi connectivity index (χ1v) is 10.4. The molecule has 1 unspecified atom stereocenters. The molecule has 0 radical (unpaired) electrons. The molecule has 2 rings (SSSR count). The predicted octanol–water partition coefficient (Wildman–Crippen LogP) is 4.06. The lowest BCUT2D eigenvalue weighted by Gasteiger charge is -2.13. The van der Waals surface area contributed by atoms with E-state index in [4.69, 9.17) is 0 Å². The number of nitrogens with zero attached hydrogens (tertiary/aromatic N) is 2. The summed E-state index contributed by atoms with van der Waals surface area (Å²) in [5, 5.41) is 17.8. The number of halogens is 3. The van der Waals surface area contributed by atoms with Gasteiger partial charge in [-0.1, -0.05) is 19.1 Å². The van der Waals surface area contributed by atoms with Crippen LogP contribution in [0.2, 0.25) is 0 Å². The van der Waals surface area contributed by atoms with Crippen molar-refractivity contribution < 1.29 is 18.6 Å². The zero-order valence-corrected chi connectivity index (χ0v) is 20.5. The third-order valence-corrected chi connectivity index (χ3v) is 5.23. The molecule has 0 spiro atoms. The highest BCUT2D eigenvalue weighted by Crippen LogP contribution is 2.20. The highest BCUT2D eigenvalue weighted by molar-refractivity contribution is 14.0. The third kappa shape index (κ3) is 8.68. The summed E-state index contributed by atoms with van der Waals surface area (Å²) in [7, 11) is 0. The molecule has 10 heteroatoms. The van der Waals surface area contributed by atoms with Crippen LogP contribution in [0.1, 0.15) is 41.1 Å². The number of nitrogens with one attached hydrogen (secondary N) is 2. The minimum Gasteiger partial charge on any atom is -0.435 e. The van der Waals surface area contributed by atoms with Crippen LogP contribution < -0.4 is 15.4 Å². The van der Waals surface area contributed by atoms with Gasteiger partial charge in [0.1, 0.15) is 5.75 Å². The number of aliphatic imine (C=N–C) groups is 1. The Morgan fingerprint density at radius 1 is 1.23 bits per heavy atom. The summed E-state index contributed by atoms with van der Waals surface area (Å²) in [6, 6.07) is 5.90. The Balaban J connectivity index is 0.00000450. The van der Waals surface area contributed by atoms with Crippen LogP contribution in [0.4, 0.5) is 8.78 Å². The van der Waals surface area contributed by atoms with Gasteiger partial charge in [0, 0.05) is 24.4 Å². The van der Waals surface area contributed by atoms with E-state index in [-0.39, 0.29) is 36.3 Å². The molecule has 1 atom stereocenters. The number of aliphatic hydroxyl groups is 1. The first-order chi connectivity index (χ1) is 13.9. The summed E-state index contributed by atoms with van der Waals surface area (Å²) in [5.74, 6) is 0.659. The van der Waals surface area contributed by atoms with Crippen molar-refractivity contribution >= 4 is 41.3 Å². The van der Waals surface area contributed by atoms with Crippen LogP contribution in [0.25, 0.3) is 0 Å². The third-order valence-electron chi connectivity index (χ3n) is 4.16. The molecule has 0 saturated heterocycles. The van der Waals surface area contributed by atoms with E-state index in [1.54, 1.807) is 23.5 Å². The van der Waals surface area contributed by atoms with Crippen LogP contribution in [0.5, 0.6) is 5.75 Å². The van der Waals surface area contributed by atoms with Crippen molar-refractivity contribution in [2.45, 2.75) is 46.3 Å². The molecular formula is C20H29F2IN4O2S. The Hall–Kier alpha value is -1.53. The number of aliphatic hydroxyl groups excluding tert-OH is 1. The molecule has 1 aromatic heterocycles. The molecule has 168 valence electrons. The van der Waals surface area contributed by atoms with E-state index >= 15 is 0 Å². The molecular weight excluding hydrogens is 525 g/mol. The molecule has 0 amide bonds. The standard InChI is InChI=1S/C20H28F2N4O2S.HI/c1-4-16-13(3)29-18(26-16)10-11-24-20(23-5-2)25-12-17(27)14-6-8-15(9-7-14)28-19(21)22;/h6-9,17,19,27H,4-5,10-12H2,1-3H3,(H2,23,24,25);1H. The van der Waals surface area contributed by atoms with Gasteiger partial charge in [-0.15, -0.1) is 35.3 Å². The van der Waals surface area contributed by atoms with E-state index in [1.807, 2.05) is 6.92 Å². The summed E-state index contributed by atoms with van der Waals surface area (Å²) in [4.78, 5) is 10.3. The van der Waals surface area contributed by atoms with Crippen LogP contribution in [-0.2, 0) is 12.8 Å². The summed E-state index contributed by atoms with van der Waals surface area (Å²) in [6.07, 6.45) is 0.886. The van der Waals surface area contributed by atoms with Crippen molar-refractivity contribution in [3.63, 3.8) is 0 Å². The Kier molecular flexibility index (Phi) is 12.1. The highest BCUT2D eigenvalue weighted by atomic mass is 127. The van der Waals surface area contributed by atoms with Gasteiger partial charge in [-0.3, -0.25) is 4.99 Å². The molecule has 0 aliphatic rings. The summed E-state index contributed by atoms with van der Waals surface area (Å²) < 4.78 is 28.7. The maximum absolute atomic E-state index is 12.2. The molecule has 1 heterocycles. The number of thiazole rings is 1. The van der Waals surface area contributed by atoms with Crippen molar-refractivity contribution in [2.24, 2.45) is 4.99 Å². The normalized spacial score (nSPS) is 12.4. The molecule has 0 aliphatic heterocycles. The molecule has 0 aliphatic carbocycles. The lowest BCUT2D eigenvalue weighted by atomic mass is 10.1. The van der Waals surface area contributed by atoms with Crippen LogP contribution in [0, 0.1) is 6.92 Å². The quantitative estimate of drug-likeness (QED) is 0.235. The molecule has 3 N–H and O–H groups in total. The lowest BCUT2D eigenvalue weighted by molar-refractivity contribution is -0.0498. The monoisotopic (exact) mass is 554 g/mol. The van der Waals surface area contributed by atoms with Gasteiger partial charge in [0.15, 0.2) is 5.96 Å². The Morgan fingerprint density at radius 2 is 1.93 bits per heavy atom. The van der Waals surface area contributed by atoms with Crippen molar-refractivity contribution in [3.05, 3.63) is 45.4 Å². The van der Waals surface area contributed by atoms with Crippen molar-refractivity contribution in [1.82, 2.24) is 15.6 Å². The van der Waals surface area contributed by atoms with Gasteiger partial charge in [-0.2, -0.15) is 8.78 Å². The minimum absolute atomic E-state index is 0. The van der Waals surface area contributed by atoms with Gasteiger partial charge >= 0.3 is 6.61 Å². The van der Waals surface area contributed by atoms with Gasteiger partial charge < -0.3 is 20.5 Å². The van der Waals surface area contributed by atoms with Gasteiger partial charge in [0.2, 0.25) is 0 Å². The van der Waals surface area contributed by atoms with Crippen LogP contribution in [0.15, 0.2) is 29.3 Å². The Morgan fingerprint density at radius 3 is 2.50 bits per heavy atom. The number of rotatable bonds is 10. The molecule has 0 saturated carbocycles. The second-order valence-electron chi connectivity index (χ2n) is 6.32. The molecule has 0 fully saturated rings. The first kappa shape index (κ1) is 26.5. The van der Waals surface area contributed by atoms with Crippen molar-refractivity contribution in [3.8, 4) is 5.75 Å². The zero-order valence-electron chi connectivity index (χ0n) is 17.3. The SMILES string of the molecule is CCNC(=NCC(O)c1ccc(OC(F)F)cc1)NCCc1nc(CC)c(C)s1.I. The number of guanidine groups is 1. The first-order valence-electron chi connectivity index (χ1n) is 9.63. The summed E-state index contributed by atoms with van der Waals surface area (Å²) >= 11 is 1.72. The van der Waals surface area contributed by atoms with Gasteiger partial charge in [0.05, 0.1) is 23.4 Å². The van der Waals surface area contributed by atoms with Crippen LogP contribution >= 0.6 is 35.3 Å². The van der Waals surface area contributed by atoms with E-state index < -0.39 is 12.7 Å². The van der Waals surface area contributed by atoms with Crippen LogP contribution in [0.3, 0.4) is 0 Å². The van der Waals surface area contributed by atoms with Crippen LogP contribution in [-0.4, -0.2) is 42.3 Å². The second kappa shape index (κ2) is 13.7. The number of aromatic nitrogens is 1. The fourth-order valence-corrected chi connectivity index (χ4v) is 3.73. The zero-order chi connectivity index (χ0) is 21.2. The number of ether oxygens (including phenoxy) is 1. The molecule has 2 aromatic rings. The summed E-state index contributed by atoms with van der Waals surface area (Å²) in [5.41, 5.74) is 1.73. The predicted molar refractivity (Wildman–Crippen MR) is 127 cm³/mol. The Labute approximate surface area is 197 Å².